The highest BCUT2D eigenvalue weighted by Crippen LogP contribution is 2.26. The minimum absolute atomic E-state index is 0.0151. The van der Waals surface area contributed by atoms with Crippen molar-refractivity contribution in [3.05, 3.63) is 79.6 Å². The van der Waals surface area contributed by atoms with Crippen LogP contribution in [-0.2, 0) is 4.79 Å². The molecule has 0 spiro atoms. The molecule has 12 nitrogen and oxygen atoms in total. The molecule has 0 saturated carbocycles. The lowest BCUT2D eigenvalue weighted by atomic mass is 10.1. The number of nitrogens with zero attached hydrogens (tertiary/aromatic N) is 5. The van der Waals surface area contributed by atoms with E-state index < -0.39 is 32.7 Å². The predicted molar refractivity (Wildman–Crippen MR) is 88.1 cm³/mol. The highest BCUT2D eigenvalue weighted by molar-refractivity contribution is 6.49. The van der Waals surface area contributed by atoms with Gasteiger partial charge in [-0.05, 0) is 24.3 Å². The Kier molecular flexibility index (Phi) is 4.21. The molecule has 0 amide bonds. The van der Waals surface area contributed by atoms with Crippen LogP contribution in [0.4, 0.5) is 0 Å². The summed E-state index contributed by atoms with van der Waals surface area (Å²) < 4.78 is 0.654. The minimum Gasteiger partial charge on any atom is -0.506 e. The number of hydrogen-bond donors (Lipinski definition) is 2. The van der Waals surface area contributed by atoms with Crippen molar-refractivity contribution in [3.8, 4) is 17.0 Å². The summed E-state index contributed by atoms with van der Waals surface area (Å²) >= 11 is 0. The molecule has 0 atom stereocenters. The van der Waals surface area contributed by atoms with Crippen LogP contribution in [0.25, 0.3) is 11.3 Å². The number of Topliss-reactive ketones (excluding diaryl/α,β-unsaturated/α-hetero) is 1. The van der Waals surface area contributed by atoms with E-state index in [0.29, 0.717) is 10.8 Å². The molecule has 3 rings (SSSR count). The van der Waals surface area contributed by atoms with E-state index in [1.165, 1.54) is 30.5 Å². The zero-order chi connectivity index (χ0) is 19.7. The quantitative estimate of drug-likeness (QED) is 0.345. The maximum atomic E-state index is 12.1. The zero-order valence-corrected chi connectivity index (χ0v) is 13.2. The van der Waals surface area contributed by atoms with E-state index >= 15 is 0 Å². The van der Waals surface area contributed by atoms with Crippen molar-refractivity contribution < 1.29 is 25.0 Å². The van der Waals surface area contributed by atoms with Gasteiger partial charge in [0.05, 0.1) is 21.3 Å². The SMILES string of the molecule is O=C1C([N+](=O)[O-])=CC([N+](=O)[O-])=CC1=NN=c1ccc(O)c2n(O)cccc1-2. The van der Waals surface area contributed by atoms with Gasteiger partial charge in [0.2, 0.25) is 0 Å². The van der Waals surface area contributed by atoms with E-state index in [-0.39, 0.29) is 22.4 Å². The fourth-order valence-electron chi connectivity index (χ4n) is 2.38. The first-order chi connectivity index (χ1) is 12.8. The normalized spacial score (nSPS) is 16.4. The third-order valence-electron chi connectivity index (χ3n) is 3.60. The number of allylic oxidation sites excluding steroid dienone is 3. The summed E-state index contributed by atoms with van der Waals surface area (Å²) in [6, 6.07) is 5.51. The lowest BCUT2D eigenvalue weighted by Gasteiger charge is -2.11. The number of carbonyl (C=O) groups is 1. The van der Waals surface area contributed by atoms with Crippen molar-refractivity contribution in [2.24, 2.45) is 10.2 Å². The summed E-state index contributed by atoms with van der Waals surface area (Å²) in [7, 11) is 0. The van der Waals surface area contributed by atoms with Gasteiger partial charge in [-0.15, -0.1) is 10.2 Å². The Labute approximate surface area is 148 Å². The van der Waals surface area contributed by atoms with Crippen LogP contribution in [0.1, 0.15) is 0 Å². The number of nitro groups is 2. The predicted octanol–water partition coefficient (Wildman–Crippen LogP) is 0.696. The lowest BCUT2D eigenvalue weighted by molar-refractivity contribution is -0.430. The largest absolute Gasteiger partial charge is 0.506 e. The van der Waals surface area contributed by atoms with Gasteiger partial charge in [-0.1, -0.05) is 0 Å². The number of hydrogen-bond acceptors (Lipinski definition) is 9. The van der Waals surface area contributed by atoms with Crippen molar-refractivity contribution in [1.82, 2.24) is 4.73 Å². The number of fused-ring (bicyclic) bond motifs is 1. The van der Waals surface area contributed by atoms with Crippen molar-refractivity contribution in [2.45, 2.75) is 0 Å². The smallest absolute Gasteiger partial charge is 0.325 e. The van der Waals surface area contributed by atoms with Gasteiger partial charge in [0.25, 0.3) is 11.5 Å². The molecular formula is C15H9N5O7. The summed E-state index contributed by atoms with van der Waals surface area (Å²) in [5.41, 5.74) is -2.00. The number of phenolic OH excluding ortho intramolecular Hbond substituents is 1. The number of carbonyl (C=O) groups excluding carboxylic acids is 1. The van der Waals surface area contributed by atoms with Crippen molar-refractivity contribution in [1.29, 1.82) is 0 Å². The van der Waals surface area contributed by atoms with Crippen LogP contribution < -0.4 is 5.36 Å². The first-order valence-corrected chi connectivity index (χ1v) is 7.20. The van der Waals surface area contributed by atoms with Crippen LogP contribution in [0.5, 0.6) is 5.75 Å². The molecule has 136 valence electrons. The second kappa shape index (κ2) is 6.51. The van der Waals surface area contributed by atoms with Gasteiger partial charge in [0.15, 0.2) is 0 Å². The highest BCUT2D eigenvalue weighted by Gasteiger charge is 2.34. The maximum absolute atomic E-state index is 12.1. The molecule has 27 heavy (non-hydrogen) atoms. The second-order valence-corrected chi connectivity index (χ2v) is 5.25. The second-order valence-electron chi connectivity index (χ2n) is 5.25. The maximum Gasteiger partial charge on any atom is 0.325 e. The van der Waals surface area contributed by atoms with Crippen LogP contribution >= 0.6 is 0 Å². The van der Waals surface area contributed by atoms with Crippen molar-refractivity contribution in [3.63, 3.8) is 0 Å². The fraction of sp³-hybridized carbons (Fsp3) is 0. The van der Waals surface area contributed by atoms with Gasteiger partial charge >= 0.3 is 5.70 Å². The minimum atomic E-state index is -1.13. The third-order valence-corrected chi connectivity index (χ3v) is 3.60. The molecule has 12 heteroatoms. The molecule has 0 aromatic heterocycles. The number of aromatic nitrogens is 1. The van der Waals surface area contributed by atoms with Gasteiger partial charge in [0, 0.05) is 17.8 Å². The van der Waals surface area contributed by atoms with E-state index in [0.717, 1.165) is 6.08 Å². The summed E-state index contributed by atoms with van der Waals surface area (Å²) in [6.07, 6.45) is 2.59. The molecule has 1 aliphatic heterocycles. The Bertz CT molecular complexity index is 1130. The lowest BCUT2D eigenvalue weighted by Crippen LogP contribution is -2.25. The van der Waals surface area contributed by atoms with E-state index in [1.54, 1.807) is 0 Å². The molecule has 1 heterocycles. The van der Waals surface area contributed by atoms with Gasteiger partial charge in [-0.25, -0.2) is 0 Å². The molecule has 0 saturated heterocycles. The topological polar surface area (TPSA) is 173 Å². The monoisotopic (exact) mass is 371 g/mol. The molecule has 3 aliphatic rings. The number of benzene rings is 1. The first-order valence-electron chi connectivity index (χ1n) is 7.20. The Hall–Kier alpha value is -4.35. The van der Waals surface area contributed by atoms with Crippen molar-refractivity contribution >= 4 is 11.5 Å². The van der Waals surface area contributed by atoms with E-state index in [1.807, 2.05) is 0 Å². The number of phenols is 1. The number of ketones is 1. The molecule has 2 aliphatic carbocycles. The number of aromatic hydroxyl groups is 1. The summed E-state index contributed by atoms with van der Waals surface area (Å²) in [4.78, 5) is 32.0. The summed E-state index contributed by atoms with van der Waals surface area (Å²) in [6.45, 7) is 0. The molecule has 0 radical (unpaired) electrons. The van der Waals surface area contributed by atoms with E-state index in [4.69, 9.17) is 0 Å². The molecule has 0 aromatic rings. The highest BCUT2D eigenvalue weighted by atomic mass is 16.6. The van der Waals surface area contributed by atoms with Crippen LogP contribution in [0.2, 0.25) is 0 Å². The molecule has 2 N–H and O–H groups in total. The molecular weight excluding hydrogens is 362 g/mol. The van der Waals surface area contributed by atoms with Crippen LogP contribution in [-0.4, -0.2) is 36.4 Å². The van der Waals surface area contributed by atoms with Crippen LogP contribution in [0.3, 0.4) is 0 Å². The van der Waals surface area contributed by atoms with Crippen molar-refractivity contribution in [2.75, 3.05) is 0 Å². The first kappa shape index (κ1) is 17.5. The van der Waals surface area contributed by atoms with E-state index in [2.05, 4.69) is 10.2 Å². The van der Waals surface area contributed by atoms with E-state index in [9.17, 15) is 35.3 Å². The summed E-state index contributed by atoms with van der Waals surface area (Å²) in [5, 5.41) is 49.0. The van der Waals surface area contributed by atoms with Gasteiger partial charge in [0.1, 0.15) is 17.2 Å². The zero-order valence-electron chi connectivity index (χ0n) is 13.2. The third kappa shape index (κ3) is 3.13. The van der Waals surface area contributed by atoms with Gasteiger partial charge in [-0.2, -0.15) is 4.73 Å². The Balaban J connectivity index is 2.16. The number of pyridine rings is 1. The van der Waals surface area contributed by atoms with Gasteiger partial charge < -0.3 is 10.3 Å². The average Bonchev–Trinajstić information content (AvgIpc) is 2.61. The fourth-order valence-corrected chi connectivity index (χ4v) is 2.38. The van der Waals surface area contributed by atoms with Crippen LogP contribution in [0.15, 0.2) is 64.2 Å². The molecule has 0 fully saturated rings. The Morgan fingerprint density at radius 1 is 1.04 bits per heavy atom. The standard InChI is InChI=1S/C15H9N5O7/c21-13-4-3-10(9-2-1-5-18(23)14(9)13)16-17-11-6-8(19(24)25)7-12(15(11)22)20(26)27/h1-7,21,23H. The summed E-state index contributed by atoms with van der Waals surface area (Å²) in [5.74, 6) is -1.38. The van der Waals surface area contributed by atoms with Crippen LogP contribution in [0, 0.1) is 20.2 Å². The Morgan fingerprint density at radius 3 is 2.44 bits per heavy atom. The molecule has 0 unspecified atom stereocenters. The number of rotatable bonds is 3. The average molecular weight is 371 g/mol. The van der Waals surface area contributed by atoms with Gasteiger partial charge in [-0.3, -0.25) is 25.0 Å². The Morgan fingerprint density at radius 2 is 1.78 bits per heavy atom. The molecule has 0 bridgehead atoms. The molecule has 0 aromatic carbocycles.